The van der Waals surface area contributed by atoms with Crippen LogP contribution >= 0.6 is 0 Å². The van der Waals surface area contributed by atoms with E-state index in [9.17, 15) is 18.0 Å². The van der Waals surface area contributed by atoms with Gasteiger partial charge in [0.1, 0.15) is 12.6 Å². The maximum atomic E-state index is 13.8. The van der Waals surface area contributed by atoms with Crippen molar-refractivity contribution in [2.75, 3.05) is 10.8 Å². The fourth-order valence-corrected chi connectivity index (χ4v) is 5.33. The second kappa shape index (κ2) is 12.5. The van der Waals surface area contributed by atoms with Crippen LogP contribution in [0.5, 0.6) is 0 Å². The number of carbonyl (C=O) groups is 2. The van der Waals surface area contributed by atoms with Gasteiger partial charge >= 0.3 is 0 Å². The lowest BCUT2D eigenvalue weighted by Gasteiger charge is -2.32. The van der Waals surface area contributed by atoms with Crippen LogP contribution in [0.3, 0.4) is 0 Å². The first-order valence-corrected chi connectivity index (χ1v) is 13.9. The molecule has 1 N–H and O–H groups in total. The second-order valence-corrected chi connectivity index (χ2v) is 11.0. The van der Waals surface area contributed by atoms with Crippen LogP contribution in [0.1, 0.15) is 38.3 Å². The van der Waals surface area contributed by atoms with E-state index in [1.807, 2.05) is 45.0 Å². The van der Waals surface area contributed by atoms with E-state index >= 15 is 0 Å². The summed E-state index contributed by atoms with van der Waals surface area (Å²) in [6.07, 6.45) is 0.751. The highest BCUT2D eigenvalue weighted by Crippen LogP contribution is 2.24. The normalized spacial score (nSPS) is 12.9. The zero-order valence-electron chi connectivity index (χ0n) is 21.8. The summed E-state index contributed by atoms with van der Waals surface area (Å²) in [5.74, 6) is -0.760. The quantitative estimate of drug-likeness (QED) is 0.402. The standard InChI is InChI=1S/C29H35N3O4S/c1-5-23(3)30-29(34)24(4)31(20-25-14-12-13-22(2)19-25)28(33)21-32(26-15-8-6-9-16-26)37(35,36)27-17-10-7-11-18-27/h6-19,23-24H,5,20-21H2,1-4H3,(H,30,34)/t23-,24-/m1/s1. The summed E-state index contributed by atoms with van der Waals surface area (Å²) in [7, 11) is -4.05. The Morgan fingerprint density at radius 1 is 0.892 bits per heavy atom. The third-order valence-corrected chi connectivity index (χ3v) is 8.05. The average molecular weight is 522 g/mol. The summed E-state index contributed by atoms with van der Waals surface area (Å²) >= 11 is 0. The van der Waals surface area contributed by atoms with Gasteiger partial charge < -0.3 is 10.2 Å². The third-order valence-electron chi connectivity index (χ3n) is 6.26. The van der Waals surface area contributed by atoms with Crippen molar-refractivity contribution in [1.29, 1.82) is 0 Å². The number of hydrogen-bond donors (Lipinski definition) is 1. The van der Waals surface area contributed by atoms with Crippen LogP contribution in [0.15, 0.2) is 89.8 Å². The smallest absolute Gasteiger partial charge is 0.264 e. The number of para-hydroxylation sites is 1. The number of sulfonamides is 1. The van der Waals surface area contributed by atoms with E-state index in [4.69, 9.17) is 0 Å². The van der Waals surface area contributed by atoms with Crippen molar-refractivity contribution in [3.63, 3.8) is 0 Å². The number of benzene rings is 3. The number of anilines is 1. The molecule has 0 aliphatic heterocycles. The van der Waals surface area contributed by atoms with E-state index in [0.717, 1.165) is 21.9 Å². The molecule has 3 aromatic carbocycles. The molecule has 0 bridgehead atoms. The number of nitrogens with zero attached hydrogens (tertiary/aromatic N) is 2. The van der Waals surface area contributed by atoms with E-state index in [1.165, 1.54) is 17.0 Å². The number of hydrogen-bond acceptors (Lipinski definition) is 4. The Morgan fingerprint density at radius 2 is 1.51 bits per heavy atom. The van der Waals surface area contributed by atoms with E-state index < -0.39 is 28.5 Å². The minimum absolute atomic E-state index is 0.0508. The number of rotatable bonds is 11. The Kier molecular flexibility index (Phi) is 9.47. The molecule has 37 heavy (non-hydrogen) atoms. The van der Waals surface area contributed by atoms with Gasteiger partial charge in [-0.15, -0.1) is 0 Å². The lowest BCUT2D eigenvalue weighted by atomic mass is 10.1. The van der Waals surface area contributed by atoms with E-state index in [1.54, 1.807) is 55.5 Å². The van der Waals surface area contributed by atoms with Crippen LogP contribution in [0.2, 0.25) is 0 Å². The fraction of sp³-hybridized carbons (Fsp3) is 0.310. The number of aryl methyl sites for hydroxylation is 1. The molecule has 0 aromatic heterocycles. The summed E-state index contributed by atoms with van der Waals surface area (Å²) in [5.41, 5.74) is 2.25. The molecular weight excluding hydrogens is 486 g/mol. The van der Waals surface area contributed by atoms with Crippen LogP contribution in [-0.4, -0.2) is 43.8 Å². The van der Waals surface area contributed by atoms with E-state index in [0.29, 0.717) is 5.69 Å². The summed E-state index contributed by atoms with van der Waals surface area (Å²) < 4.78 is 28.4. The maximum Gasteiger partial charge on any atom is 0.264 e. The third kappa shape index (κ3) is 7.20. The van der Waals surface area contributed by atoms with Crippen LogP contribution in [-0.2, 0) is 26.2 Å². The van der Waals surface area contributed by atoms with Crippen LogP contribution < -0.4 is 9.62 Å². The summed E-state index contributed by atoms with van der Waals surface area (Å²) in [4.78, 5) is 28.4. The lowest BCUT2D eigenvalue weighted by Crippen LogP contribution is -2.52. The summed E-state index contributed by atoms with van der Waals surface area (Å²) in [5, 5.41) is 2.94. The van der Waals surface area contributed by atoms with Crippen molar-refractivity contribution >= 4 is 27.5 Å². The molecule has 0 aliphatic rings. The van der Waals surface area contributed by atoms with Crippen molar-refractivity contribution in [3.8, 4) is 0 Å². The molecule has 7 nitrogen and oxygen atoms in total. The predicted molar refractivity (Wildman–Crippen MR) is 147 cm³/mol. The minimum atomic E-state index is -4.05. The molecule has 0 heterocycles. The molecule has 3 aromatic rings. The molecule has 3 rings (SSSR count). The Bertz CT molecular complexity index is 1300. The van der Waals surface area contributed by atoms with Gasteiger partial charge in [0.25, 0.3) is 10.0 Å². The van der Waals surface area contributed by atoms with Crippen LogP contribution in [0.4, 0.5) is 5.69 Å². The van der Waals surface area contributed by atoms with Crippen LogP contribution in [0, 0.1) is 6.92 Å². The van der Waals surface area contributed by atoms with Gasteiger partial charge in [0.05, 0.1) is 10.6 Å². The number of nitrogens with one attached hydrogen (secondary N) is 1. The van der Waals surface area contributed by atoms with E-state index in [2.05, 4.69) is 5.32 Å². The number of carbonyl (C=O) groups excluding carboxylic acids is 2. The number of amides is 2. The van der Waals surface area contributed by atoms with E-state index in [-0.39, 0.29) is 23.4 Å². The van der Waals surface area contributed by atoms with Gasteiger partial charge in [0, 0.05) is 12.6 Å². The molecule has 0 unspecified atom stereocenters. The molecule has 0 aliphatic carbocycles. The average Bonchev–Trinajstić information content (AvgIpc) is 2.90. The summed E-state index contributed by atoms with van der Waals surface area (Å²) in [6.45, 7) is 7.22. The van der Waals surface area contributed by atoms with Crippen molar-refractivity contribution < 1.29 is 18.0 Å². The van der Waals surface area contributed by atoms with Gasteiger partial charge in [0.15, 0.2) is 0 Å². The highest BCUT2D eigenvalue weighted by Gasteiger charge is 2.32. The van der Waals surface area contributed by atoms with Gasteiger partial charge in [-0.05, 0) is 57.0 Å². The van der Waals surface area contributed by atoms with Crippen molar-refractivity contribution in [3.05, 3.63) is 96.1 Å². The molecular formula is C29H35N3O4S. The monoisotopic (exact) mass is 521 g/mol. The zero-order valence-corrected chi connectivity index (χ0v) is 22.6. The van der Waals surface area contributed by atoms with Crippen LogP contribution in [0.25, 0.3) is 0 Å². The minimum Gasteiger partial charge on any atom is -0.352 e. The molecule has 0 saturated heterocycles. The van der Waals surface area contributed by atoms with Crippen molar-refractivity contribution in [1.82, 2.24) is 10.2 Å². The SMILES string of the molecule is CC[C@@H](C)NC(=O)[C@@H](C)N(Cc1cccc(C)c1)C(=O)CN(c1ccccc1)S(=O)(=O)c1ccccc1. The first-order valence-electron chi connectivity index (χ1n) is 12.4. The van der Waals surface area contributed by atoms with Gasteiger partial charge in [-0.2, -0.15) is 0 Å². The van der Waals surface area contributed by atoms with Gasteiger partial charge in [-0.3, -0.25) is 13.9 Å². The Morgan fingerprint density at radius 3 is 2.11 bits per heavy atom. The topological polar surface area (TPSA) is 86.8 Å². The molecule has 0 fully saturated rings. The Hall–Kier alpha value is -3.65. The molecule has 8 heteroatoms. The largest absolute Gasteiger partial charge is 0.352 e. The molecule has 2 amide bonds. The maximum absolute atomic E-state index is 13.8. The highest BCUT2D eigenvalue weighted by molar-refractivity contribution is 7.92. The van der Waals surface area contributed by atoms with Crippen molar-refractivity contribution in [2.24, 2.45) is 0 Å². The fourth-order valence-electron chi connectivity index (χ4n) is 3.90. The molecule has 2 atom stereocenters. The Balaban J connectivity index is 1.99. The Labute approximate surface area is 220 Å². The zero-order chi connectivity index (χ0) is 27.0. The second-order valence-electron chi connectivity index (χ2n) is 9.16. The predicted octanol–water partition coefficient (Wildman–Crippen LogP) is 4.52. The molecule has 196 valence electrons. The van der Waals surface area contributed by atoms with Crippen molar-refractivity contribution in [2.45, 2.75) is 57.6 Å². The molecule has 0 spiro atoms. The summed E-state index contributed by atoms with van der Waals surface area (Å²) in [6, 6.07) is 23.4. The molecule has 0 radical (unpaired) electrons. The van der Waals surface area contributed by atoms with Gasteiger partial charge in [-0.25, -0.2) is 8.42 Å². The molecule has 0 saturated carbocycles. The first-order chi connectivity index (χ1) is 17.6. The van der Waals surface area contributed by atoms with Gasteiger partial charge in [0.2, 0.25) is 11.8 Å². The lowest BCUT2D eigenvalue weighted by molar-refractivity contribution is -0.139. The first kappa shape index (κ1) is 27.9. The van der Waals surface area contributed by atoms with Gasteiger partial charge in [-0.1, -0.05) is 73.2 Å². The highest BCUT2D eigenvalue weighted by atomic mass is 32.2.